The molecule has 0 amide bonds. The van der Waals surface area contributed by atoms with Gasteiger partial charge in [0.2, 0.25) is 0 Å². The molecule has 0 aliphatic heterocycles. The van der Waals surface area contributed by atoms with Crippen molar-refractivity contribution in [2.24, 2.45) is 14.1 Å². The van der Waals surface area contributed by atoms with Gasteiger partial charge in [0.05, 0.1) is 31.3 Å². The summed E-state index contributed by atoms with van der Waals surface area (Å²) in [5.74, 6) is 1.12. The van der Waals surface area contributed by atoms with Crippen LogP contribution in [0.15, 0.2) is 36.7 Å². The number of aromatic nitrogens is 2. The van der Waals surface area contributed by atoms with E-state index in [9.17, 15) is 0 Å². The highest BCUT2D eigenvalue weighted by atomic mass is 15.1. The Morgan fingerprint density at radius 2 is 1.93 bits per heavy atom. The number of nitrogens with zero attached hydrogens (tertiary/aromatic N) is 3. The molecule has 0 radical (unpaired) electrons. The maximum Gasteiger partial charge on any atom is 0.288 e. The van der Waals surface area contributed by atoms with Crippen LogP contribution in [0, 0.1) is 11.3 Å². The van der Waals surface area contributed by atoms with E-state index in [0.29, 0.717) is 5.56 Å². The average molecular weight is 198 g/mol. The molecule has 3 heteroatoms. The molecule has 0 unspecified atom stereocenters. The number of hydrogen-bond donors (Lipinski definition) is 0. The van der Waals surface area contributed by atoms with Gasteiger partial charge in [0.25, 0.3) is 5.82 Å². The molecule has 0 saturated heterocycles. The third kappa shape index (κ3) is 1.62. The molecule has 0 aliphatic rings. The Hall–Kier alpha value is -2.08. The minimum absolute atomic E-state index is 0.690. The lowest BCUT2D eigenvalue weighted by Crippen LogP contribution is -2.28. The number of hydrogen-bond acceptors (Lipinski definition) is 1. The van der Waals surface area contributed by atoms with Crippen LogP contribution in [0.1, 0.15) is 5.56 Å². The van der Waals surface area contributed by atoms with Crippen LogP contribution in [0.4, 0.5) is 0 Å². The molecule has 1 heterocycles. The lowest BCUT2D eigenvalue weighted by molar-refractivity contribution is -0.659. The van der Waals surface area contributed by atoms with Gasteiger partial charge in [0, 0.05) is 0 Å². The summed E-state index contributed by atoms with van der Waals surface area (Å²) in [4.78, 5) is 0. The number of aryl methyl sites for hydroxylation is 2. The molecule has 2 rings (SSSR count). The molecule has 0 spiro atoms. The van der Waals surface area contributed by atoms with Gasteiger partial charge in [-0.2, -0.15) is 5.26 Å². The molecule has 15 heavy (non-hydrogen) atoms. The smallest absolute Gasteiger partial charge is 0.233 e. The summed E-state index contributed by atoms with van der Waals surface area (Å²) in [6, 6.07) is 9.72. The van der Waals surface area contributed by atoms with Crippen molar-refractivity contribution in [1.29, 1.82) is 5.26 Å². The van der Waals surface area contributed by atoms with Crippen LogP contribution < -0.4 is 4.57 Å². The molecule has 1 aromatic heterocycles. The van der Waals surface area contributed by atoms with Crippen LogP contribution >= 0.6 is 0 Å². The van der Waals surface area contributed by atoms with Crippen molar-refractivity contribution < 1.29 is 4.57 Å². The van der Waals surface area contributed by atoms with Crippen LogP contribution in [-0.4, -0.2) is 4.57 Å². The van der Waals surface area contributed by atoms with Crippen LogP contribution in [0.25, 0.3) is 11.4 Å². The Morgan fingerprint density at radius 1 is 1.27 bits per heavy atom. The highest BCUT2D eigenvalue weighted by Gasteiger charge is 2.13. The van der Waals surface area contributed by atoms with Crippen molar-refractivity contribution in [2.45, 2.75) is 0 Å². The van der Waals surface area contributed by atoms with E-state index in [1.807, 2.05) is 50.8 Å². The summed E-state index contributed by atoms with van der Waals surface area (Å²) in [5, 5.41) is 8.71. The maximum absolute atomic E-state index is 8.71. The molecule has 0 N–H and O–H groups in total. The Morgan fingerprint density at radius 3 is 2.40 bits per heavy atom. The second-order valence-electron chi connectivity index (χ2n) is 3.53. The summed E-state index contributed by atoms with van der Waals surface area (Å²) in [7, 11) is 4.01. The van der Waals surface area contributed by atoms with E-state index in [4.69, 9.17) is 5.26 Å². The summed E-state index contributed by atoms with van der Waals surface area (Å²) >= 11 is 0. The molecule has 74 valence electrons. The van der Waals surface area contributed by atoms with Crippen molar-refractivity contribution in [2.75, 3.05) is 0 Å². The van der Waals surface area contributed by atoms with E-state index in [-0.39, 0.29) is 0 Å². The molecule has 0 atom stereocenters. The van der Waals surface area contributed by atoms with Gasteiger partial charge in [0.1, 0.15) is 12.4 Å². The lowest BCUT2D eigenvalue weighted by atomic mass is 10.1. The van der Waals surface area contributed by atoms with Gasteiger partial charge in [-0.25, -0.2) is 9.13 Å². The predicted molar refractivity (Wildman–Crippen MR) is 56.7 cm³/mol. The average Bonchev–Trinajstić information content (AvgIpc) is 2.59. The summed E-state index contributed by atoms with van der Waals surface area (Å²) < 4.78 is 4.11. The monoisotopic (exact) mass is 198 g/mol. The van der Waals surface area contributed by atoms with Gasteiger partial charge in [-0.05, 0) is 24.3 Å². The van der Waals surface area contributed by atoms with Crippen molar-refractivity contribution in [3.63, 3.8) is 0 Å². The normalized spacial score (nSPS) is 9.93. The summed E-state index contributed by atoms with van der Waals surface area (Å²) in [6.45, 7) is 0. The molecule has 0 fully saturated rings. The molecule has 0 saturated carbocycles. The first-order valence-corrected chi connectivity index (χ1v) is 4.74. The van der Waals surface area contributed by atoms with Crippen LogP contribution in [0.5, 0.6) is 0 Å². The standard InChI is InChI=1S/C12H12N3/c1-14-7-8-15(2)12(14)11-5-3-10(9-13)4-6-11/h3-8H,1-2H3/q+1. The highest BCUT2D eigenvalue weighted by molar-refractivity contribution is 5.54. The van der Waals surface area contributed by atoms with Gasteiger partial charge in [-0.15, -0.1) is 0 Å². The third-order valence-electron chi connectivity index (χ3n) is 2.45. The Bertz CT molecular complexity index is 495. The number of nitriles is 1. The number of rotatable bonds is 1. The van der Waals surface area contributed by atoms with Crippen LogP contribution in [0.2, 0.25) is 0 Å². The van der Waals surface area contributed by atoms with Gasteiger partial charge in [0.15, 0.2) is 0 Å². The Kier molecular flexibility index (Phi) is 2.26. The Balaban J connectivity index is 2.51. The van der Waals surface area contributed by atoms with Gasteiger partial charge >= 0.3 is 0 Å². The fourth-order valence-electron chi connectivity index (χ4n) is 1.69. The third-order valence-corrected chi connectivity index (χ3v) is 2.45. The number of benzene rings is 1. The van der Waals surface area contributed by atoms with Crippen LogP contribution in [-0.2, 0) is 14.1 Å². The molecule has 3 nitrogen and oxygen atoms in total. The van der Waals surface area contributed by atoms with E-state index in [1.165, 1.54) is 0 Å². The fraction of sp³-hybridized carbons (Fsp3) is 0.167. The second kappa shape index (κ2) is 3.58. The topological polar surface area (TPSA) is 32.6 Å². The fourth-order valence-corrected chi connectivity index (χ4v) is 1.69. The van der Waals surface area contributed by atoms with Gasteiger partial charge < -0.3 is 0 Å². The zero-order chi connectivity index (χ0) is 10.8. The largest absolute Gasteiger partial charge is 0.288 e. The predicted octanol–water partition coefficient (Wildman–Crippen LogP) is 1.39. The van der Waals surface area contributed by atoms with E-state index in [0.717, 1.165) is 11.4 Å². The van der Waals surface area contributed by atoms with E-state index in [1.54, 1.807) is 0 Å². The summed E-state index contributed by atoms with van der Waals surface area (Å²) in [6.07, 6.45) is 4.01. The lowest BCUT2D eigenvalue weighted by Gasteiger charge is -1.98. The molecular weight excluding hydrogens is 186 g/mol. The molecule has 0 bridgehead atoms. The van der Waals surface area contributed by atoms with Crippen LogP contribution in [0.3, 0.4) is 0 Å². The number of imidazole rings is 1. The first kappa shape index (κ1) is 9.47. The molecule has 2 aromatic rings. The minimum Gasteiger partial charge on any atom is -0.233 e. The van der Waals surface area contributed by atoms with E-state index < -0.39 is 0 Å². The molecule has 1 aromatic carbocycles. The quantitative estimate of drug-likeness (QED) is 0.637. The minimum atomic E-state index is 0.690. The summed E-state index contributed by atoms with van der Waals surface area (Å²) in [5.41, 5.74) is 1.81. The maximum atomic E-state index is 8.71. The highest BCUT2D eigenvalue weighted by Crippen LogP contribution is 2.15. The van der Waals surface area contributed by atoms with Gasteiger partial charge in [-0.3, -0.25) is 0 Å². The molecular formula is C12H12N3+. The molecule has 0 aliphatic carbocycles. The zero-order valence-corrected chi connectivity index (χ0v) is 8.81. The van der Waals surface area contributed by atoms with Crippen molar-refractivity contribution in [1.82, 2.24) is 4.57 Å². The van der Waals surface area contributed by atoms with Crippen molar-refractivity contribution >= 4 is 0 Å². The first-order chi connectivity index (χ1) is 7.22. The zero-order valence-electron chi connectivity index (χ0n) is 8.81. The van der Waals surface area contributed by atoms with Crippen molar-refractivity contribution in [3.8, 4) is 17.5 Å². The second-order valence-corrected chi connectivity index (χ2v) is 3.53. The Labute approximate surface area is 88.8 Å². The SMILES string of the molecule is Cn1cc[n+](C)c1-c1ccc(C#N)cc1. The van der Waals surface area contributed by atoms with Gasteiger partial charge in [-0.1, -0.05) is 0 Å². The van der Waals surface area contributed by atoms with E-state index >= 15 is 0 Å². The first-order valence-electron chi connectivity index (χ1n) is 4.74. The van der Waals surface area contributed by atoms with E-state index in [2.05, 4.69) is 15.2 Å². The van der Waals surface area contributed by atoms with Crippen molar-refractivity contribution in [3.05, 3.63) is 42.2 Å².